The fourth-order valence-corrected chi connectivity index (χ4v) is 3.35. The Morgan fingerprint density at radius 2 is 1.26 bits per heavy atom. The molecule has 0 radical (unpaired) electrons. The fraction of sp³-hybridized carbons (Fsp3) is 0.895. The van der Waals surface area contributed by atoms with Gasteiger partial charge in [-0.25, -0.2) is 0 Å². The van der Waals surface area contributed by atoms with Gasteiger partial charge in [-0.1, -0.05) is 0 Å². The molecule has 34 heavy (non-hydrogen) atoms. The van der Waals surface area contributed by atoms with Crippen LogP contribution in [0.3, 0.4) is 0 Å². The van der Waals surface area contributed by atoms with E-state index in [-0.39, 0.29) is 6.61 Å². The summed E-state index contributed by atoms with van der Waals surface area (Å²) in [4.78, 5) is 22.2. The monoisotopic (exact) mass is 500 g/mol. The van der Waals surface area contributed by atoms with Crippen LogP contribution in [0.1, 0.15) is 13.8 Å². The smallest absolute Gasteiger partial charge is 0.303 e. The Balaban J connectivity index is 1.98. The van der Waals surface area contributed by atoms with E-state index in [4.69, 9.17) is 28.4 Å². The Kier molecular flexibility index (Phi) is 11.0. The highest BCUT2D eigenvalue weighted by molar-refractivity contribution is 5.67. The van der Waals surface area contributed by atoms with Crippen LogP contribution in [0.15, 0.2) is 0 Å². The Labute approximate surface area is 194 Å². The molecule has 0 aromatic carbocycles. The number of aliphatic hydroxyl groups is 7. The Bertz CT molecular complexity index is 660. The molecule has 11 atom stereocenters. The maximum atomic E-state index is 11.2. The third-order valence-corrected chi connectivity index (χ3v) is 5.19. The lowest BCUT2D eigenvalue weighted by Gasteiger charge is -2.42. The summed E-state index contributed by atoms with van der Waals surface area (Å²) in [7, 11) is 0. The Hall–Kier alpha value is -1.50. The van der Waals surface area contributed by atoms with Crippen molar-refractivity contribution in [1.29, 1.82) is 0 Å². The summed E-state index contributed by atoms with van der Waals surface area (Å²) in [6.45, 7) is 0.320. The molecule has 0 amide bonds. The minimum atomic E-state index is -1.75. The predicted octanol–water partition coefficient (Wildman–Crippen LogP) is -4.88. The average Bonchev–Trinajstić information content (AvgIpc) is 2.78. The molecule has 0 unspecified atom stereocenters. The van der Waals surface area contributed by atoms with Crippen LogP contribution in [-0.4, -0.2) is 142 Å². The van der Waals surface area contributed by atoms with E-state index in [0.717, 1.165) is 13.8 Å². The quantitative estimate of drug-likeness (QED) is 0.139. The van der Waals surface area contributed by atoms with E-state index in [1.54, 1.807) is 0 Å². The second-order valence-electron chi connectivity index (χ2n) is 7.91. The highest BCUT2D eigenvalue weighted by Crippen LogP contribution is 2.26. The van der Waals surface area contributed by atoms with Crippen molar-refractivity contribution in [3.8, 4) is 0 Å². The van der Waals surface area contributed by atoms with Crippen molar-refractivity contribution in [3.05, 3.63) is 0 Å². The molecule has 2 rings (SSSR count). The van der Waals surface area contributed by atoms with Crippen molar-refractivity contribution in [3.63, 3.8) is 0 Å². The first kappa shape index (κ1) is 28.7. The zero-order valence-corrected chi connectivity index (χ0v) is 18.6. The molecule has 15 heteroatoms. The van der Waals surface area contributed by atoms with Crippen molar-refractivity contribution in [1.82, 2.24) is 0 Å². The van der Waals surface area contributed by atoms with Gasteiger partial charge in [0, 0.05) is 13.8 Å². The Morgan fingerprint density at radius 3 is 1.79 bits per heavy atom. The van der Waals surface area contributed by atoms with Gasteiger partial charge < -0.3 is 64.2 Å². The van der Waals surface area contributed by atoms with Gasteiger partial charge in [-0.05, 0) is 0 Å². The molecule has 2 saturated heterocycles. The molecule has 0 aliphatic carbocycles. The fourth-order valence-electron chi connectivity index (χ4n) is 3.35. The van der Waals surface area contributed by atoms with Gasteiger partial charge >= 0.3 is 11.9 Å². The maximum Gasteiger partial charge on any atom is 0.303 e. The van der Waals surface area contributed by atoms with E-state index < -0.39 is 99.3 Å². The lowest BCUT2D eigenvalue weighted by Crippen LogP contribution is -2.61. The van der Waals surface area contributed by atoms with E-state index in [1.807, 2.05) is 0 Å². The summed E-state index contributed by atoms with van der Waals surface area (Å²) < 4.78 is 31.0. The van der Waals surface area contributed by atoms with Gasteiger partial charge in [-0.3, -0.25) is 9.59 Å². The van der Waals surface area contributed by atoms with Crippen LogP contribution in [-0.2, 0) is 38.0 Å². The summed E-state index contributed by atoms with van der Waals surface area (Å²) in [5.41, 5.74) is 0. The van der Waals surface area contributed by atoms with Crippen molar-refractivity contribution in [2.45, 2.75) is 81.4 Å². The second kappa shape index (κ2) is 13.0. The molecule has 0 saturated carbocycles. The minimum absolute atomic E-state index is 0.341. The van der Waals surface area contributed by atoms with Crippen LogP contribution < -0.4 is 0 Å². The zero-order chi connectivity index (χ0) is 25.6. The number of hydrogen-bond donors (Lipinski definition) is 7. The largest absolute Gasteiger partial charge is 0.462 e. The first-order valence-electron chi connectivity index (χ1n) is 10.5. The van der Waals surface area contributed by atoms with E-state index >= 15 is 0 Å². The first-order chi connectivity index (χ1) is 16.0. The van der Waals surface area contributed by atoms with Gasteiger partial charge in [0.05, 0.1) is 19.8 Å². The van der Waals surface area contributed by atoms with Crippen molar-refractivity contribution in [2.75, 3.05) is 26.4 Å². The summed E-state index contributed by atoms with van der Waals surface area (Å²) in [6, 6.07) is 0. The number of hydrogen-bond acceptors (Lipinski definition) is 15. The summed E-state index contributed by atoms with van der Waals surface area (Å²) in [5.74, 6) is -1.32. The van der Waals surface area contributed by atoms with Crippen molar-refractivity contribution in [2.24, 2.45) is 0 Å². The number of ether oxygens (including phenoxy) is 6. The number of rotatable bonds is 10. The first-order valence-corrected chi connectivity index (χ1v) is 10.5. The van der Waals surface area contributed by atoms with E-state index in [0.29, 0.717) is 0 Å². The lowest BCUT2D eigenvalue weighted by molar-refractivity contribution is -0.332. The molecule has 2 fully saturated rings. The van der Waals surface area contributed by atoms with Crippen LogP contribution in [0.25, 0.3) is 0 Å². The predicted molar refractivity (Wildman–Crippen MR) is 105 cm³/mol. The van der Waals surface area contributed by atoms with E-state index in [1.165, 1.54) is 0 Å². The third kappa shape index (κ3) is 7.50. The molecule has 15 nitrogen and oxygen atoms in total. The SMILES string of the molecule is CC(=O)OC[C@H](CO[C@@H]1O[C@H](CO[C@@H]2O[C@H](CO)[C@@H](O)[C@H](O)[C@H]2O)[C@H](O)[C@H](O)[C@H]1O)OC(C)=O. The van der Waals surface area contributed by atoms with E-state index in [9.17, 15) is 45.3 Å². The summed E-state index contributed by atoms with van der Waals surface area (Å²) in [5, 5.41) is 69.5. The zero-order valence-electron chi connectivity index (χ0n) is 18.6. The van der Waals surface area contributed by atoms with Crippen LogP contribution in [0, 0.1) is 0 Å². The van der Waals surface area contributed by atoms with Crippen molar-refractivity contribution >= 4 is 11.9 Å². The molecule has 7 N–H and O–H groups in total. The molecular formula is C19H32O15. The van der Waals surface area contributed by atoms with Gasteiger partial charge in [0.1, 0.15) is 55.4 Å². The van der Waals surface area contributed by atoms with Gasteiger partial charge in [-0.2, -0.15) is 0 Å². The number of aliphatic hydroxyl groups excluding tert-OH is 7. The maximum absolute atomic E-state index is 11.2. The average molecular weight is 500 g/mol. The molecule has 2 aliphatic heterocycles. The number of esters is 2. The van der Waals surface area contributed by atoms with Gasteiger partial charge in [0.2, 0.25) is 0 Å². The van der Waals surface area contributed by atoms with Crippen LogP contribution >= 0.6 is 0 Å². The normalized spacial score (nSPS) is 39.3. The van der Waals surface area contributed by atoms with Gasteiger partial charge in [-0.15, -0.1) is 0 Å². The highest BCUT2D eigenvalue weighted by Gasteiger charge is 2.47. The van der Waals surface area contributed by atoms with Crippen LogP contribution in [0.5, 0.6) is 0 Å². The molecule has 198 valence electrons. The molecular weight excluding hydrogens is 468 g/mol. The standard InChI is InChI=1S/C19H32O15/c1-7(21)29-4-9(32-8(2)22)5-30-18-17(28)15(26)13(24)11(34-18)6-31-19-16(27)14(25)12(23)10(3-20)33-19/h9-20,23-28H,3-6H2,1-2H3/t9-,10-,11-,12-,13+,14+,15+,16-,17-,18-,19-/m1/s1. The molecule has 0 aromatic heterocycles. The molecule has 0 spiro atoms. The lowest BCUT2D eigenvalue weighted by atomic mass is 9.98. The van der Waals surface area contributed by atoms with Gasteiger partial charge in [0.15, 0.2) is 18.7 Å². The minimum Gasteiger partial charge on any atom is -0.462 e. The summed E-state index contributed by atoms with van der Waals surface area (Å²) >= 11 is 0. The third-order valence-electron chi connectivity index (χ3n) is 5.19. The van der Waals surface area contributed by atoms with Gasteiger partial charge in [0.25, 0.3) is 0 Å². The topological polar surface area (TPSA) is 231 Å². The van der Waals surface area contributed by atoms with Crippen molar-refractivity contribution < 1.29 is 73.8 Å². The highest BCUT2D eigenvalue weighted by atomic mass is 16.7. The molecule has 0 bridgehead atoms. The van der Waals surface area contributed by atoms with Crippen LogP contribution in [0.2, 0.25) is 0 Å². The molecule has 0 aromatic rings. The molecule has 2 aliphatic rings. The van der Waals surface area contributed by atoms with E-state index in [2.05, 4.69) is 0 Å². The number of carbonyl (C=O) groups excluding carboxylic acids is 2. The summed E-state index contributed by atoms with van der Waals surface area (Å²) in [6.07, 6.45) is -16.8. The second-order valence-corrected chi connectivity index (χ2v) is 7.91. The molecule has 2 heterocycles. The Morgan fingerprint density at radius 1 is 0.735 bits per heavy atom. The van der Waals surface area contributed by atoms with Crippen LogP contribution in [0.4, 0.5) is 0 Å². The number of carbonyl (C=O) groups is 2.